The molecule has 1 aromatic carbocycles. The van der Waals surface area contributed by atoms with E-state index in [-0.39, 0.29) is 11.2 Å². The highest BCUT2D eigenvalue weighted by atomic mass is 32.2. The van der Waals surface area contributed by atoms with Crippen molar-refractivity contribution in [1.82, 2.24) is 15.0 Å². The van der Waals surface area contributed by atoms with Gasteiger partial charge >= 0.3 is 0 Å². The van der Waals surface area contributed by atoms with E-state index < -0.39 is 0 Å². The van der Waals surface area contributed by atoms with E-state index in [1.165, 1.54) is 23.4 Å². The van der Waals surface area contributed by atoms with Gasteiger partial charge in [-0.15, -0.1) is 23.1 Å². The van der Waals surface area contributed by atoms with E-state index in [1.54, 1.807) is 23.1 Å². The number of fused-ring (bicyclic) bond motifs is 2. The predicted octanol–water partition coefficient (Wildman–Crippen LogP) is 4.33. The van der Waals surface area contributed by atoms with Gasteiger partial charge in [-0.2, -0.15) is 0 Å². The molecule has 1 aliphatic carbocycles. The van der Waals surface area contributed by atoms with Crippen LogP contribution in [-0.2, 0) is 17.6 Å². The number of carbonyl (C=O) groups is 1. The van der Waals surface area contributed by atoms with Gasteiger partial charge in [0.15, 0.2) is 5.13 Å². The fourth-order valence-corrected chi connectivity index (χ4v) is 4.81. The van der Waals surface area contributed by atoms with E-state index in [0.717, 1.165) is 34.8 Å². The Hall–Kier alpha value is -1.86. The maximum atomic E-state index is 12.2. The molecule has 0 spiro atoms. The fraction of sp³-hybridized carbons (Fsp3) is 0.389. The molecule has 7 heteroatoms. The lowest BCUT2D eigenvalue weighted by atomic mass is 10.0. The lowest BCUT2D eigenvalue weighted by Crippen LogP contribution is -2.14. The zero-order valence-electron chi connectivity index (χ0n) is 14.0. The van der Waals surface area contributed by atoms with Crippen molar-refractivity contribution in [3.63, 3.8) is 0 Å². The molecule has 2 heterocycles. The number of anilines is 1. The molecule has 1 atom stereocenters. The number of hydrogen-bond acceptors (Lipinski definition) is 5. The van der Waals surface area contributed by atoms with Gasteiger partial charge in [0.2, 0.25) is 5.91 Å². The SMILES string of the molecule is C[C@H](SCC(=O)Nc1nc2c(s1)CCCC2)c1nc2ccccc2[nH]1. The number of carbonyl (C=O) groups excluding carboxylic acids is 1. The van der Waals surface area contributed by atoms with Crippen LogP contribution in [0.1, 0.15) is 41.4 Å². The van der Waals surface area contributed by atoms with Gasteiger partial charge in [-0.25, -0.2) is 9.97 Å². The molecule has 2 aromatic heterocycles. The third-order valence-corrected chi connectivity index (χ3v) is 6.57. The van der Waals surface area contributed by atoms with Crippen molar-refractivity contribution < 1.29 is 4.79 Å². The fourth-order valence-electron chi connectivity index (χ4n) is 3.01. The molecule has 0 radical (unpaired) electrons. The first-order chi connectivity index (χ1) is 12.2. The Morgan fingerprint density at radius 2 is 2.16 bits per heavy atom. The van der Waals surface area contributed by atoms with Gasteiger partial charge in [-0.05, 0) is 44.7 Å². The van der Waals surface area contributed by atoms with Gasteiger partial charge in [-0.1, -0.05) is 12.1 Å². The second-order valence-electron chi connectivity index (χ2n) is 6.24. The molecule has 0 fully saturated rings. The topological polar surface area (TPSA) is 70.7 Å². The Morgan fingerprint density at radius 3 is 3.00 bits per heavy atom. The maximum absolute atomic E-state index is 12.2. The van der Waals surface area contributed by atoms with Crippen LogP contribution in [0.15, 0.2) is 24.3 Å². The summed E-state index contributed by atoms with van der Waals surface area (Å²) in [5, 5.41) is 3.82. The van der Waals surface area contributed by atoms with Crippen molar-refractivity contribution in [1.29, 1.82) is 0 Å². The molecule has 1 amide bonds. The van der Waals surface area contributed by atoms with E-state index in [0.29, 0.717) is 5.75 Å². The minimum Gasteiger partial charge on any atom is -0.341 e. The molecule has 1 aliphatic rings. The van der Waals surface area contributed by atoms with E-state index >= 15 is 0 Å². The summed E-state index contributed by atoms with van der Waals surface area (Å²) in [7, 11) is 0. The monoisotopic (exact) mass is 372 g/mol. The van der Waals surface area contributed by atoms with Gasteiger partial charge in [0.25, 0.3) is 0 Å². The molecular weight excluding hydrogens is 352 g/mol. The number of nitrogens with zero attached hydrogens (tertiary/aromatic N) is 2. The Bertz CT molecular complexity index is 845. The highest BCUT2D eigenvalue weighted by Crippen LogP contribution is 2.31. The number of aryl methyl sites for hydroxylation is 2. The molecule has 0 unspecified atom stereocenters. The molecule has 0 aliphatic heterocycles. The molecule has 4 rings (SSSR count). The number of hydrogen-bond donors (Lipinski definition) is 2. The summed E-state index contributed by atoms with van der Waals surface area (Å²) in [6.45, 7) is 2.07. The number of H-pyrrole nitrogens is 1. The van der Waals surface area contributed by atoms with Gasteiger partial charge < -0.3 is 10.3 Å². The van der Waals surface area contributed by atoms with Crippen molar-refractivity contribution >= 4 is 45.2 Å². The third-order valence-electron chi connectivity index (χ3n) is 4.35. The smallest absolute Gasteiger partial charge is 0.236 e. The number of thioether (sulfide) groups is 1. The number of para-hydroxylation sites is 2. The van der Waals surface area contributed by atoms with Crippen molar-refractivity contribution in [3.05, 3.63) is 40.7 Å². The Kier molecular flexibility index (Phi) is 4.76. The van der Waals surface area contributed by atoms with Crippen molar-refractivity contribution in [2.24, 2.45) is 0 Å². The minimum atomic E-state index is -0.000872. The quantitative estimate of drug-likeness (QED) is 0.699. The summed E-state index contributed by atoms with van der Waals surface area (Å²) in [6, 6.07) is 7.97. The van der Waals surface area contributed by atoms with Crippen LogP contribution < -0.4 is 5.32 Å². The van der Waals surface area contributed by atoms with Crippen LogP contribution in [0.2, 0.25) is 0 Å². The van der Waals surface area contributed by atoms with E-state index in [1.807, 2.05) is 24.3 Å². The zero-order valence-corrected chi connectivity index (χ0v) is 15.7. The zero-order chi connectivity index (χ0) is 17.2. The first-order valence-electron chi connectivity index (χ1n) is 8.54. The van der Waals surface area contributed by atoms with Gasteiger partial charge in [0.1, 0.15) is 5.82 Å². The molecule has 5 nitrogen and oxygen atoms in total. The molecule has 0 bridgehead atoms. The summed E-state index contributed by atoms with van der Waals surface area (Å²) in [5.41, 5.74) is 3.17. The third kappa shape index (κ3) is 3.72. The Morgan fingerprint density at radius 1 is 1.32 bits per heavy atom. The largest absolute Gasteiger partial charge is 0.341 e. The van der Waals surface area contributed by atoms with Crippen LogP contribution in [0.5, 0.6) is 0 Å². The molecule has 130 valence electrons. The molecule has 0 saturated carbocycles. The average molecular weight is 373 g/mol. The average Bonchev–Trinajstić information content (AvgIpc) is 3.22. The van der Waals surface area contributed by atoms with Crippen LogP contribution in [0.3, 0.4) is 0 Å². The van der Waals surface area contributed by atoms with Gasteiger partial charge in [0.05, 0.1) is 27.7 Å². The molecule has 3 aromatic rings. The van der Waals surface area contributed by atoms with Crippen LogP contribution >= 0.6 is 23.1 Å². The van der Waals surface area contributed by atoms with E-state index in [9.17, 15) is 4.79 Å². The van der Waals surface area contributed by atoms with Crippen LogP contribution in [0.4, 0.5) is 5.13 Å². The lowest BCUT2D eigenvalue weighted by molar-refractivity contribution is -0.113. The minimum absolute atomic E-state index is 0.000872. The molecule has 25 heavy (non-hydrogen) atoms. The maximum Gasteiger partial charge on any atom is 0.236 e. The highest BCUT2D eigenvalue weighted by Gasteiger charge is 2.17. The van der Waals surface area contributed by atoms with Crippen LogP contribution in [0.25, 0.3) is 11.0 Å². The number of aromatic nitrogens is 3. The van der Waals surface area contributed by atoms with E-state index in [2.05, 4.69) is 27.2 Å². The summed E-state index contributed by atoms with van der Waals surface area (Å²) in [6.07, 6.45) is 4.57. The second-order valence-corrected chi connectivity index (χ2v) is 8.65. The summed E-state index contributed by atoms with van der Waals surface area (Å²) >= 11 is 3.20. The van der Waals surface area contributed by atoms with E-state index in [4.69, 9.17) is 0 Å². The normalized spacial score (nSPS) is 15.1. The number of amides is 1. The summed E-state index contributed by atoms with van der Waals surface area (Å²) in [5.74, 6) is 1.30. The first kappa shape index (κ1) is 16.6. The summed E-state index contributed by atoms with van der Waals surface area (Å²) < 4.78 is 0. The predicted molar refractivity (Wildman–Crippen MR) is 104 cm³/mol. The number of rotatable bonds is 5. The Balaban J connectivity index is 1.34. The molecule has 0 saturated heterocycles. The highest BCUT2D eigenvalue weighted by molar-refractivity contribution is 8.00. The number of nitrogens with one attached hydrogen (secondary N) is 2. The van der Waals surface area contributed by atoms with Crippen LogP contribution in [-0.4, -0.2) is 26.6 Å². The van der Waals surface area contributed by atoms with Gasteiger partial charge in [-0.3, -0.25) is 4.79 Å². The number of thiazole rings is 1. The summed E-state index contributed by atoms with van der Waals surface area (Å²) in [4.78, 5) is 26.1. The molecule has 2 N–H and O–H groups in total. The Labute approximate surface area is 154 Å². The number of aromatic amines is 1. The molecular formula is C18H20N4OS2. The first-order valence-corrected chi connectivity index (χ1v) is 10.4. The van der Waals surface area contributed by atoms with Crippen molar-refractivity contribution in [2.75, 3.05) is 11.1 Å². The van der Waals surface area contributed by atoms with Gasteiger partial charge in [0, 0.05) is 4.88 Å². The second kappa shape index (κ2) is 7.17. The number of imidazole rings is 1. The van der Waals surface area contributed by atoms with Crippen molar-refractivity contribution in [3.8, 4) is 0 Å². The standard InChI is InChI=1S/C18H20N4OS2/c1-11(17-19-12-6-2-3-7-13(12)20-17)24-10-16(23)22-18-21-14-8-4-5-9-15(14)25-18/h2-3,6-7,11H,4-5,8-10H2,1H3,(H,19,20)(H,21,22,23)/t11-/m0/s1. The number of benzene rings is 1. The van der Waals surface area contributed by atoms with Crippen molar-refractivity contribution in [2.45, 2.75) is 37.9 Å². The van der Waals surface area contributed by atoms with Crippen LogP contribution in [0, 0.1) is 0 Å². The lowest BCUT2D eigenvalue weighted by Gasteiger charge is -2.07.